The van der Waals surface area contributed by atoms with E-state index < -0.39 is 0 Å². The van der Waals surface area contributed by atoms with Crippen molar-refractivity contribution in [3.8, 4) is 5.88 Å². The minimum atomic E-state index is 0.275. The topological polar surface area (TPSA) is 50.1 Å². The van der Waals surface area contributed by atoms with Gasteiger partial charge < -0.3 is 10.4 Å². The summed E-state index contributed by atoms with van der Waals surface area (Å²) in [7, 11) is 0. The summed E-state index contributed by atoms with van der Waals surface area (Å²) < 4.78 is 1.82. The van der Waals surface area contributed by atoms with Gasteiger partial charge in [-0.2, -0.15) is 0 Å². The van der Waals surface area contributed by atoms with Crippen LogP contribution in [0.15, 0.2) is 6.20 Å². The highest BCUT2D eigenvalue weighted by Gasteiger charge is 2.11. The summed E-state index contributed by atoms with van der Waals surface area (Å²) in [6.45, 7) is 2.50. The summed E-state index contributed by atoms with van der Waals surface area (Å²) in [5.41, 5.74) is 0. The number of hydrogen-bond acceptors (Lipinski definition) is 3. The molecule has 54 valence electrons. The molecule has 1 aliphatic heterocycles. The van der Waals surface area contributed by atoms with Crippen LogP contribution < -0.4 is 5.32 Å². The molecule has 0 bridgehead atoms. The van der Waals surface area contributed by atoms with Gasteiger partial charge in [0.25, 0.3) is 0 Å². The van der Waals surface area contributed by atoms with E-state index in [1.165, 1.54) is 6.20 Å². The van der Waals surface area contributed by atoms with Crippen LogP contribution in [-0.4, -0.2) is 21.2 Å². The van der Waals surface area contributed by atoms with Crippen LogP contribution in [-0.2, 0) is 13.1 Å². The lowest BCUT2D eigenvalue weighted by Gasteiger charge is -2.14. The third-order valence-electron chi connectivity index (χ3n) is 1.71. The molecule has 0 amide bonds. The lowest BCUT2D eigenvalue weighted by Crippen LogP contribution is -2.27. The van der Waals surface area contributed by atoms with Gasteiger partial charge in [-0.05, 0) is 0 Å². The van der Waals surface area contributed by atoms with Crippen LogP contribution in [0.3, 0.4) is 0 Å². The van der Waals surface area contributed by atoms with Crippen molar-refractivity contribution in [2.75, 3.05) is 6.54 Å². The van der Waals surface area contributed by atoms with Gasteiger partial charge in [-0.15, -0.1) is 0 Å². The first-order chi connectivity index (χ1) is 4.88. The van der Waals surface area contributed by atoms with Crippen LogP contribution in [0.1, 0.15) is 5.82 Å². The smallest absolute Gasteiger partial charge is 0.211 e. The fourth-order valence-corrected chi connectivity index (χ4v) is 1.18. The SMILES string of the molecule is Oc1cnc2n1CCNC2. The molecule has 0 saturated heterocycles. The molecular formula is C6H9N3O. The molecule has 10 heavy (non-hydrogen) atoms. The Morgan fingerprint density at radius 2 is 2.60 bits per heavy atom. The summed E-state index contributed by atoms with van der Waals surface area (Å²) in [6, 6.07) is 0. The van der Waals surface area contributed by atoms with Gasteiger partial charge >= 0.3 is 0 Å². The first-order valence-corrected chi connectivity index (χ1v) is 3.32. The number of imidazole rings is 1. The van der Waals surface area contributed by atoms with Gasteiger partial charge in [0.15, 0.2) is 0 Å². The molecule has 0 radical (unpaired) electrons. The van der Waals surface area contributed by atoms with Crippen LogP contribution in [0.4, 0.5) is 0 Å². The molecule has 0 aliphatic carbocycles. The van der Waals surface area contributed by atoms with E-state index in [4.69, 9.17) is 5.11 Å². The average molecular weight is 139 g/mol. The molecular weight excluding hydrogens is 130 g/mol. The van der Waals surface area contributed by atoms with Crippen molar-refractivity contribution < 1.29 is 5.11 Å². The molecule has 0 spiro atoms. The van der Waals surface area contributed by atoms with Gasteiger partial charge in [0, 0.05) is 13.1 Å². The number of hydrogen-bond donors (Lipinski definition) is 2. The Labute approximate surface area is 58.5 Å². The van der Waals surface area contributed by atoms with Gasteiger partial charge in [0.1, 0.15) is 5.82 Å². The van der Waals surface area contributed by atoms with Crippen molar-refractivity contribution in [1.82, 2.24) is 14.9 Å². The second-order valence-corrected chi connectivity index (χ2v) is 2.36. The highest BCUT2D eigenvalue weighted by atomic mass is 16.3. The molecule has 0 aromatic carbocycles. The van der Waals surface area contributed by atoms with Gasteiger partial charge in [-0.1, -0.05) is 0 Å². The Morgan fingerprint density at radius 1 is 1.70 bits per heavy atom. The normalized spacial score (nSPS) is 16.8. The van der Waals surface area contributed by atoms with Crippen LogP contribution in [0.25, 0.3) is 0 Å². The fraction of sp³-hybridized carbons (Fsp3) is 0.500. The molecule has 0 saturated carbocycles. The minimum absolute atomic E-state index is 0.275. The molecule has 1 aromatic heterocycles. The van der Waals surface area contributed by atoms with E-state index in [1.807, 2.05) is 4.57 Å². The van der Waals surface area contributed by atoms with Crippen LogP contribution >= 0.6 is 0 Å². The zero-order valence-electron chi connectivity index (χ0n) is 5.54. The molecule has 1 aliphatic rings. The second kappa shape index (κ2) is 1.98. The van der Waals surface area contributed by atoms with E-state index in [0.717, 1.165) is 25.5 Å². The predicted octanol–water partition coefficient (Wildman–Crippen LogP) is -0.308. The van der Waals surface area contributed by atoms with E-state index in [0.29, 0.717) is 0 Å². The van der Waals surface area contributed by atoms with E-state index in [-0.39, 0.29) is 5.88 Å². The van der Waals surface area contributed by atoms with Crippen LogP contribution in [0.2, 0.25) is 0 Å². The van der Waals surface area contributed by atoms with Crippen molar-refractivity contribution in [3.63, 3.8) is 0 Å². The molecule has 0 atom stereocenters. The van der Waals surface area contributed by atoms with Crippen molar-refractivity contribution in [1.29, 1.82) is 0 Å². The lowest BCUT2D eigenvalue weighted by molar-refractivity contribution is 0.391. The highest BCUT2D eigenvalue weighted by Crippen LogP contribution is 2.13. The summed E-state index contributed by atoms with van der Waals surface area (Å²) in [5.74, 6) is 1.19. The lowest BCUT2D eigenvalue weighted by atomic mass is 10.4. The molecule has 0 unspecified atom stereocenters. The first-order valence-electron chi connectivity index (χ1n) is 3.32. The molecule has 4 heteroatoms. The van der Waals surface area contributed by atoms with Gasteiger partial charge in [-0.3, -0.25) is 4.57 Å². The molecule has 4 nitrogen and oxygen atoms in total. The maximum Gasteiger partial charge on any atom is 0.211 e. The Balaban J connectivity index is 2.45. The molecule has 2 N–H and O–H groups in total. The predicted molar refractivity (Wildman–Crippen MR) is 35.6 cm³/mol. The van der Waals surface area contributed by atoms with Crippen molar-refractivity contribution in [2.24, 2.45) is 0 Å². The van der Waals surface area contributed by atoms with E-state index >= 15 is 0 Å². The number of aromatic nitrogens is 2. The van der Waals surface area contributed by atoms with E-state index in [9.17, 15) is 0 Å². The van der Waals surface area contributed by atoms with Crippen molar-refractivity contribution in [2.45, 2.75) is 13.1 Å². The number of fused-ring (bicyclic) bond motifs is 1. The summed E-state index contributed by atoms with van der Waals surface area (Å²) in [4.78, 5) is 4.01. The number of nitrogens with zero attached hydrogens (tertiary/aromatic N) is 2. The van der Waals surface area contributed by atoms with E-state index in [2.05, 4.69) is 10.3 Å². The number of aromatic hydroxyl groups is 1. The van der Waals surface area contributed by atoms with Crippen LogP contribution in [0.5, 0.6) is 5.88 Å². The summed E-state index contributed by atoms with van der Waals surface area (Å²) in [6.07, 6.45) is 1.49. The zero-order chi connectivity index (χ0) is 6.97. The highest BCUT2D eigenvalue weighted by molar-refractivity contribution is 5.10. The maximum atomic E-state index is 9.17. The van der Waals surface area contributed by atoms with Gasteiger partial charge in [-0.25, -0.2) is 4.98 Å². The number of nitrogens with one attached hydrogen (secondary N) is 1. The standard InChI is InChI=1S/C6H9N3O/c10-6-4-8-5-3-7-1-2-9(5)6/h4,7,10H,1-3H2. The molecule has 1 aromatic rings. The maximum absolute atomic E-state index is 9.17. The first kappa shape index (κ1) is 5.73. The van der Waals surface area contributed by atoms with Gasteiger partial charge in [0.05, 0.1) is 12.7 Å². The minimum Gasteiger partial charge on any atom is -0.493 e. The van der Waals surface area contributed by atoms with Gasteiger partial charge in [0.2, 0.25) is 5.88 Å². The molecule has 0 fully saturated rings. The van der Waals surface area contributed by atoms with Crippen molar-refractivity contribution in [3.05, 3.63) is 12.0 Å². The van der Waals surface area contributed by atoms with Crippen LogP contribution in [0, 0.1) is 0 Å². The summed E-state index contributed by atoms with van der Waals surface area (Å²) >= 11 is 0. The monoisotopic (exact) mass is 139 g/mol. The molecule has 2 rings (SSSR count). The summed E-state index contributed by atoms with van der Waals surface area (Å²) in [5, 5.41) is 12.3. The quantitative estimate of drug-likeness (QED) is 0.518. The average Bonchev–Trinajstić information content (AvgIpc) is 2.34. The number of rotatable bonds is 0. The third-order valence-corrected chi connectivity index (χ3v) is 1.71. The third kappa shape index (κ3) is 0.690. The zero-order valence-corrected chi connectivity index (χ0v) is 5.54. The largest absolute Gasteiger partial charge is 0.493 e. The van der Waals surface area contributed by atoms with Crippen molar-refractivity contribution >= 4 is 0 Å². The van der Waals surface area contributed by atoms with E-state index in [1.54, 1.807) is 0 Å². The fourth-order valence-electron chi connectivity index (χ4n) is 1.18. The Morgan fingerprint density at radius 3 is 3.40 bits per heavy atom. The Kier molecular flexibility index (Phi) is 1.14. The molecule has 2 heterocycles. The Hall–Kier alpha value is -1.03. The Bertz CT molecular complexity index is 243. The second-order valence-electron chi connectivity index (χ2n) is 2.36.